The van der Waals surface area contributed by atoms with E-state index in [1.807, 2.05) is 29.8 Å². The zero-order chi connectivity index (χ0) is 13.4. The number of fused-ring (bicyclic) bond motifs is 3. The Kier molecular flexibility index (Phi) is 2.79. The van der Waals surface area contributed by atoms with Gasteiger partial charge in [0.2, 0.25) is 5.78 Å². The molecule has 0 fully saturated rings. The van der Waals surface area contributed by atoms with Crippen LogP contribution in [0.25, 0.3) is 16.8 Å². The standard InChI is InChI=1S/C13H16N4O2/c1-14-6-8-7-17-10-5-12(19-3)11(18-2)4-9(10)16-13(17)15-8/h4-5,7,14H,6H2,1-3H3,(H,15,16). The van der Waals surface area contributed by atoms with Gasteiger partial charge in [0.15, 0.2) is 11.5 Å². The van der Waals surface area contributed by atoms with Crippen LogP contribution in [0, 0.1) is 0 Å². The van der Waals surface area contributed by atoms with Crippen molar-refractivity contribution < 1.29 is 9.47 Å². The molecular formula is C13H16N4O2. The van der Waals surface area contributed by atoms with Crippen molar-refractivity contribution in [2.45, 2.75) is 6.54 Å². The highest BCUT2D eigenvalue weighted by Crippen LogP contribution is 2.32. The summed E-state index contributed by atoms with van der Waals surface area (Å²) in [5.41, 5.74) is 2.95. The summed E-state index contributed by atoms with van der Waals surface area (Å²) in [6, 6.07) is 3.82. The molecule has 6 nitrogen and oxygen atoms in total. The van der Waals surface area contributed by atoms with E-state index in [2.05, 4.69) is 15.3 Å². The highest BCUT2D eigenvalue weighted by molar-refractivity contribution is 5.83. The van der Waals surface area contributed by atoms with Crippen molar-refractivity contribution in [2.24, 2.45) is 0 Å². The summed E-state index contributed by atoms with van der Waals surface area (Å²) in [5, 5.41) is 3.11. The molecule has 0 bridgehead atoms. The molecule has 19 heavy (non-hydrogen) atoms. The van der Waals surface area contributed by atoms with Crippen LogP contribution in [0.5, 0.6) is 11.5 Å². The second kappa shape index (κ2) is 4.47. The molecule has 2 N–H and O–H groups in total. The molecule has 0 aliphatic carbocycles. The predicted octanol–water partition coefficient (Wildman–Crippen LogP) is 1.55. The third-order valence-corrected chi connectivity index (χ3v) is 3.12. The van der Waals surface area contributed by atoms with Crippen LogP contribution < -0.4 is 14.8 Å². The number of hydrogen-bond donors (Lipinski definition) is 2. The fraction of sp³-hybridized carbons (Fsp3) is 0.308. The Morgan fingerprint density at radius 2 is 2.00 bits per heavy atom. The summed E-state index contributed by atoms with van der Waals surface area (Å²) >= 11 is 0. The molecule has 0 aliphatic heterocycles. The van der Waals surface area contributed by atoms with E-state index in [9.17, 15) is 0 Å². The Balaban J connectivity index is 2.23. The van der Waals surface area contributed by atoms with Crippen molar-refractivity contribution in [1.82, 2.24) is 19.7 Å². The van der Waals surface area contributed by atoms with Gasteiger partial charge in [-0.25, -0.2) is 4.98 Å². The maximum atomic E-state index is 5.33. The second-order valence-corrected chi connectivity index (χ2v) is 4.31. The number of aromatic nitrogens is 3. The van der Waals surface area contributed by atoms with Crippen LogP contribution in [0.4, 0.5) is 0 Å². The Hall–Kier alpha value is -2.21. The molecule has 0 amide bonds. The molecule has 0 saturated heterocycles. The molecule has 0 unspecified atom stereocenters. The van der Waals surface area contributed by atoms with Gasteiger partial charge in [0.25, 0.3) is 0 Å². The topological polar surface area (TPSA) is 63.6 Å². The zero-order valence-corrected chi connectivity index (χ0v) is 11.2. The number of ether oxygens (including phenoxy) is 2. The normalized spacial score (nSPS) is 11.3. The van der Waals surface area contributed by atoms with Crippen LogP contribution >= 0.6 is 0 Å². The summed E-state index contributed by atoms with van der Waals surface area (Å²) in [7, 11) is 5.16. The average molecular weight is 260 g/mol. The molecule has 0 saturated carbocycles. The van der Waals surface area contributed by atoms with Gasteiger partial charge in [0, 0.05) is 30.6 Å². The first-order chi connectivity index (χ1) is 9.26. The molecule has 2 aromatic heterocycles. The van der Waals surface area contributed by atoms with Gasteiger partial charge < -0.3 is 19.8 Å². The van der Waals surface area contributed by atoms with Gasteiger partial charge in [0.1, 0.15) is 0 Å². The van der Waals surface area contributed by atoms with Gasteiger partial charge in [0.05, 0.1) is 25.3 Å². The first kappa shape index (κ1) is 11.9. The van der Waals surface area contributed by atoms with E-state index >= 15 is 0 Å². The van der Waals surface area contributed by atoms with E-state index in [-0.39, 0.29) is 0 Å². The molecule has 0 aliphatic rings. The number of methoxy groups -OCH3 is 2. The van der Waals surface area contributed by atoms with Gasteiger partial charge in [-0.1, -0.05) is 0 Å². The molecule has 3 rings (SSSR count). The van der Waals surface area contributed by atoms with E-state index in [0.717, 1.165) is 29.0 Å². The number of aromatic amines is 1. The van der Waals surface area contributed by atoms with Crippen molar-refractivity contribution in [2.75, 3.05) is 21.3 Å². The summed E-state index contributed by atoms with van der Waals surface area (Å²) in [6.07, 6.45) is 2.03. The van der Waals surface area contributed by atoms with Crippen molar-refractivity contribution >= 4 is 16.8 Å². The quantitative estimate of drug-likeness (QED) is 0.747. The summed E-state index contributed by atoms with van der Waals surface area (Å²) < 4.78 is 12.6. The van der Waals surface area contributed by atoms with Gasteiger partial charge in [-0.05, 0) is 7.05 Å². The summed E-state index contributed by atoms with van der Waals surface area (Å²) in [5.74, 6) is 2.20. The number of hydrogen-bond acceptors (Lipinski definition) is 4. The Morgan fingerprint density at radius 1 is 1.26 bits per heavy atom. The van der Waals surface area contributed by atoms with Crippen LogP contribution in [0.3, 0.4) is 0 Å². The Morgan fingerprint density at radius 3 is 2.68 bits per heavy atom. The highest BCUT2D eigenvalue weighted by Gasteiger charge is 2.12. The lowest BCUT2D eigenvalue weighted by Gasteiger charge is -2.06. The van der Waals surface area contributed by atoms with Gasteiger partial charge >= 0.3 is 0 Å². The molecule has 1 aromatic carbocycles. The van der Waals surface area contributed by atoms with E-state index in [1.165, 1.54) is 0 Å². The Bertz CT molecular complexity index is 729. The number of nitrogens with one attached hydrogen (secondary N) is 2. The third kappa shape index (κ3) is 1.80. The first-order valence-electron chi connectivity index (χ1n) is 6.03. The average Bonchev–Trinajstić information content (AvgIpc) is 2.94. The lowest BCUT2D eigenvalue weighted by molar-refractivity contribution is 0.355. The molecule has 0 spiro atoms. The van der Waals surface area contributed by atoms with Gasteiger partial charge in [-0.15, -0.1) is 0 Å². The molecule has 0 radical (unpaired) electrons. The minimum atomic E-state index is 0.686. The number of rotatable bonds is 4. The van der Waals surface area contributed by atoms with Crippen LogP contribution in [0.1, 0.15) is 5.69 Å². The monoisotopic (exact) mass is 260 g/mol. The second-order valence-electron chi connectivity index (χ2n) is 4.31. The van der Waals surface area contributed by atoms with Crippen LogP contribution in [-0.2, 0) is 6.54 Å². The minimum absolute atomic E-state index is 0.686. The molecular weight excluding hydrogens is 244 g/mol. The number of benzene rings is 1. The number of nitrogens with zero attached hydrogens (tertiary/aromatic N) is 2. The van der Waals surface area contributed by atoms with Gasteiger partial charge in [-0.2, -0.15) is 0 Å². The van der Waals surface area contributed by atoms with E-state index in [4.69, 9.17) is 9.47 Å². The number of H-pyrrole nitrogens is 1. The molecule has 100 valence electrons. The molecule has 2 heterocycles. The summed E-state index contributed by atoms with van der Waals surface area (Å²) in [6.45, 7) is 0.776. The SMILES string of the molecule is CNCc1cn2c(nc3cc(OC)c(OC)cc32)[nH]1. The fourth-order valence-electron chi connectivity index (χ4n) is 2.25. The van der Waals surface area contributed by atoms with Crippen LogP contribution in [-0.4, -0.2) is 35.6 Å². The smallest absolute Gasteiger partial charge is 0.212 e. The van der Waals surface area contributed by atoms with Crippen LogP contribution in [0.2, 0.25) is 0 Å². The third-order valence-electron chi connectivity index (χ3n) is 3.12. The van der Waals surface area contributed by atoms with Crippen molar-refractivity contribution in [3.63, 3.8) is 0 Å². The zero-order valence-electron chi connectivity index (χ0n) is 11.2. The lowest BCUT2D eigenvalue weighted by atomic mass is 10.2. The van der Waals surface area contributed by atoms with E-state index in [0.29, 0.717) is 11.5 Å². The fourth-order valence-corrected chi connectivity index (χ4v) is 2.25. The Labute approximate surface area is 110 Å². The van der Waals surface area contributed by atoms with E-state index < -0.39 is 0 Å². The lowest BCUT2D eigenvalue weighted by Crippen LogP contribution is -2.04. The van der Waals surface area contributed by atoms with Crippen molar-refractivity contribution in [3.8, 4) is 11.5 Å². The van der Waals surface area contributed by atoms with E-state index in [1.54, 1.807) is 14.2 Å². The maximum Gasteiger partial charge on any atom is 0.212 e. The largest absolute Gasteiger partial charge is 0.493 e. The molecule has 6 heteroatoms. The predicted molar refractivity (Wildman–Crippen MR) is 72.9 cm³/mol. The van der Waals surface area contributed by atoms with Crippen LogP contribution in [0.15, 0.2) is 18.3 Å². The molecule has 3 aromatic rings. The van der Waals surface area contributed by atoms with Gasteiger partial charge in [-0.3, -0.25) is 4.40 Å². The number of imidazole rings is 2. The summed E-state index contributed by atoms with van der Waals surface area (Å²) in [4.78, 5) is 7.81. The highest BCUT2D eigenvalue weighted by atomic mass is 16.5. The molecule has 0 atom stereocenters. The minimum Gasteiger partial charge on any atom is -0.493 e. The maximum absolute atomic E-state index is 5.33. The van der Waals surface area contributed by atoms with Crippen molar-refractivity contribution in [1.29, 1.82) is 0 Å². The first-order valence-corrected chi connectivity index (χ1v) is 6.03. The van der Waals surface area contributed by atoms with Crippen molar-refractivity contribution in [3.05, 3.63) is 24.0 Å².